The van der Waals surface area contributed by atoms with Crippen LogP contribution in [-0.4, -0.2) is 40.7 Å². The molecule has 1 N–H and O–H groups in total. The van der Waals surface area contributed by atoms with Gasteiger partial charge in [0.15, 0.2) is 0 Å². The molecule has 0 bridgehead atoms. The molecule has 106 valence electrons. The summed E-state index contributed by atoms with van der Waals surface area (Å²) >= 11 is 0. The summed E-state index contributed by atoms with van der Waals surface area (Å²) < 4.78 is 11.9. The van der Waals surface area contributed by atoms with Gasteiger partial charge in [0.05, 0.1) is 24.2 Å². The number of nitrogens with zero attached hydrogens (tertiary/aromatic N) is 2. The Morgan fingerprint density at radius 1 is 1.63 bits per heavy atom. The Morgan fingerprint density at radius 2 is 2.42 bits per heavy atom. The van der Waals surface area contributed by atoms with E-state index in [2.05, 4.69) is 10.4 Å². The lowest BCUT2D eigenvalue weighted by molar-refractivity contribution is 0.0514. The summed E-state index contributed by atoms with van der Waals surface area (Å²) in [6.07, 6.45) is 5.21. The van der Waals surface area contributed by atoms with Gasteiger partial charge in [-0.05, 0) is 33.6 Å². The van der Waals surface area contributed by atoms with Gasteiger partial charge in [-0.15, -0.1) is 0 Å². The van der Waals surface area contributed by atoms with Crippen molar-refractivity contribution < 1.29 is 14.3 Å². The standard InChI is InChI=1S/C13H21N3O3/c1-13(2,3)19-12(17)16-9-10(7-15-16)14-8-11-5-4-6-18-11/h7,9,11,14H,4-6,8H2,1-3H3/t11-/m0/s1. The van der Waals surface area contributed by atoms with Crippen LogP contribution in [0.4, 0.5) is 10.5 Å². The van der Waals surface area contributed by atoms with Crippen molar-refractivity contribution in [1.29, 1.82) is 0 Å². The van der Waals surface area contributed by atoms with Crippen molar-refractivity contribution in [2.45, 2.75) is 45.3 Å². The third-order valence-corrected chi connectivity index (χ3v) is 2.72. The molecule has 0 saturated carbocycles. The van der Waals surface area contributed by atoms with Crippen LogP contribution in [0.5, 0.6) is 0 Å². The van der Waals surface area contributed by atoms with Crippen LogP contribution < -0.4 is 5.32 Å². The molecule has 6 heteroatoms. The molecule has 1 aliphatic rings. The molecular weight excluding hydrogens is 246 g/mol. The van der Waals surface area contributed by atoms with E-state index in [0.29, 0.717) is 0 Å². The first-order valence-electron chi connectivity index (χ1n) is 6.57. The molecule has 1 atom stereocenters. The Kier molecular flexibility index (Phi) is 4.09. The SMILES string of the molecule is CC(C)(C)OC(=O)n1cc(NC[C@@H]2CCCO2)cn1. The number of hydrogen-bond acceptors (Lipinski definition) is 5. The Labute approximate surface area is 113 Å². The molecule has 6 nitrogen and oxygen atoms in total. The number of carbonyl (C=O) groups is 1. The quantitative estimate of drug-likeness (QED) is 0.910. The second-order valence-corrected chi connectivity index (χ2v) is 5.67. The zero-order valence-electron chi connectivity index (χ0n) is 11.7. The van der Waals surface area contributed by atoms with Crippen molar-refractivity contribution >= 4 is 11.8 Å². The van der Waals surface area contributed by atoms with Crippen LogP contribution >= 0.6 is 0 Å². The van der Waals surface area contributed by atoms with Crippen LogP contribution in [0.3, 0.4) is 0 Å². The molecule has 0 aromatic carbocycles. The van der Waals surface area contributed by atoms with Crippen molar-refractivity contribution in [3.8, 4) is 0 Å². The molecule has 19 heavy (non-hydrogen) atoms. The third kappa shape index (κ3) is 4.24. The maximum absolute atomic E-state index is 11.8. The molecule has 0 aliphatic carbocycles. The zero-order valence-corrected chi connectivity index (χ0v) is 11.7. The van der Waals surface area contributed by atoms with E-state index in [0.717, 1.165) is 31.7 Å². The van der Waals surface area contributed by atoms with Gasteiger partial charge in [0.25, 0.3) is 0 Å². The summed E-state index contributed by atoms with van der Waals surface area (Å²) in [6, 6.07) is 0. The van der Waals surface area contributed by atoms with Crippen LogP contribution in [0.15, 0.2) is 12.4 Å². The van der Waals surface area contributed by atoms with Crippen molar-refractivity contribution in [3.63, 3.8) is 0 Å². The monoisotopic (exact) mass is 267 g/mol. The highest BCUT2D eigenvalue weighted by Gasteiger charge is 2.19. The molecule has 1 saturated heterocycles. The highest BCUT2D eigenvalue weighted by atomic mass is 16.6. The predicted octanol–water partition coefficient (Wildman–Crippen LogP) is 2.26. The minimum absolute atomic E-state index is 0.255. The van der Waals surface area contributed by atoms with Gasteiger partial charge in [0, 0.05) is 13.2 Å². The molecule has 2 rings (SSSR count). The number of rotatable bonds is 3. The second kappa shape index (κ2) is 5.61. The summed E-state index contributed by atoms with van der Waals surface area (Å²) in [7, 11) is 0. The molecule has 2 heterocycles. The predicted molar refractivity (Wildman–Crippen MR) is 71.3 cm³/mol. The van der Waals surface area contributed by atoms with Crippen LogP contribution in [0.25, 0.3) is 0 Å². The number of nitrogens with one attached hydrogen (secondary N) is 1. The van der Waals surface area contributed by atoms with Gasteiger partial charge in [-0.1, -0.05) is 0 Å². The van der Waals surface area contributed by atoms with Gasteiger partial charge in [-0.2, -0.15) is 9.78 Å². The topological polar surface area (TPSA) is 65.4 Å². The Balaban J connectivity index is 1.85. The van der Waals surface area contributed by atoms with E-state index < -0.39 is 11.7 Å². The second-order valence-electron chi connectivity index (χ2n) is 5.67. The summed E-state index contributed by atoms with van der Waals surface area (Å²) in [5.74, 6) is 0. The van der Waals surface area contributed by atoms with Crippen molar-refractivity contribution in [2.24, 2.45) is 0 Å². The van der Waals surface area contributed by atoms with E-state index in [-0.39, 0.29) is 6.10 Å². The number of anilines is 1. The number of hydrogen-bond donors (Lipinski definition) is 1. The minimum Gasteiger partial charge on any atom is -0.442 e. The van der Waals surface area contributed by atoms with E-state index in [1.54, 1.807) is 12.4 Å². The smallest absolute Gasteiger partial charge is 0.435 e. The van der Waals surface area contributed by atoms with Crippen molar-refractivity contribution in [1.82, 2.24) is 9.78 Å². The molecule has 1 aromatic heterocycles. The van der Waals surface area contributed by atoms with Crippen LogP contribution in [0, 0.1) is 0 Å². The fourth-order valence-corrected chi connectivity index (χ4v) is 1.86. The highest BCUT2D eigenvalue weighted by Crippen LogP contribution is 2.14. The normalized spacial score (nSPS) is 19.4. The summed E-state index contributed by atoms with van der Waals surface area (Å²) in [5.41, 5.74) is 0.273. The van der Waals surface area contributed by atoms with Gasteiger partial charge in [-0.25, -0.2) is 4.79 Å². The fraction of sp³-hybridized carbons (Fsp3) is 0.692. The molecule has 1 fully saturated rings. The molecule has 0 unspecified atom stereocenters. The van der Waals surface area contributed by atoms with Gasteiger partial charge in [0.1, 0.15) is 5.60 Å². The third-order valence-electron chi connectivity index (χ3n) is 2.72. The van der Waals surface area contributed by atoms with Crippen molar-refractivity contribution in [2.75, 3.05) is 18.5 Å². The molecule has 0 amide bonds. The Bertz CT molecular complexity index is 431. The zero-order chi connectivity index (χ0) is 13.9. The summed E-state index contributed by atoms with van der Waals surface area (Å²) in [5, 5.41) is 7.19. The molecule has 1 aromatic rings. The minimum atomic E-state index is -0.520. The Hall–Kier alpha value is -1.56. The number of aromatic nitrogens is 2. The van der Waals surface area contributed by atoms with Crippen LogP contribution in [0.1, 0.15) is 33.6 Å². The van der Waals surface area contributed by atoms with Gasteiger partial charge in [-0.3, -0.25) is 0 Å². The molecule has 1 aliphatic heterocycles. The lowest BCUT2D eigenvalue weighted by atomic mass is 10.2. The first-order chi connectivity index (χ1) is 8.94. The molecular formula is C13H21N3O3. The average molecular weight is 267 g/mol. The summed E-state index contributed by atoms with van der Waals surface area (Å²) in [4.78, 5) is 11.8. The fourth-order valence-electron chi connectivity index (χ4n) is 1.86. The van der Waals surface area contributed by atoms with Crippen molar-refractivity contribution in [3.05, 3.63) is 12.4 Å². The largest absolute Gasteiger partial charge is 0.442 e. The lowest BCUT2D eigenvalue weighted by Gasteiger charge is -2.18. The lowest BCUT2D eigenvalue weighted by Crippen LogP contribution is -2.27. The summed E-state index contributed by atoms with van der Waals surface area (Å²) in [6.45, 7) is 7.05. The molecule has 0 spiro atoms. The number of carbonyl (C=O) groups excluding carboxylic acids is 1. The number of ether oxygens (including phenoxy) is 2. The van der Waals surface area contributed by atoms with Gasteiger partial charge in [0.2, 0.25) is 0 Å². The van der Waals surface area contributed by atoms with Crippen LogP contribution in [0.2, 0.25) is 0 Å². The average Bonchev–Trinajstić information content (AvgIpc) is 2.96. The first kappa shape index (κ1) is 13.9. The van der Waals surface area contributed by atoms with E-state index in [4.69, 9.17) is 9.47 Å². The highest BCUT2D eigenvalue weighted by molar-refractivity contribution is 5.70. The first-order valence-corrected chi connectivity index (χ1v) is 6.57. The van der Waals surface area contributed by atoms with E-state index in [1.165, 1.54) is 4.68 Å². The van der Waals surface area contributed by atoms with E-state index >= 15 is 0 Å². The van der Waals surface area contributed by atoms with E-state index in [9.17, 15) is 4.79 Å². The van der Waals surface area contributed by atoms with Gasteiger partial charge >= 0.3 is 6.09 Å². The van der Waals surface area contributed by atoms with Crippen LogP contribution in [-0.2, 0) is 9.47 Å². The van der Waals surface area contributed by atoms with E-state index in [1.807, 2.05) is 20.8 Å². The Morgan fingerprint density at radius 3 is 3.05 bits per heavy atom. The maximum atomic E-state index is 11.8. The molecule has 0 radical (unpaired) electrons. The maximum Gasteiger partial charge on any atom is 0.435 e. The van der Waals surface area contributed by atoms with Gasteiger partial charge < -0.3 is 14.8 Å².